The standard InChI is InChI=1S/C27H35N3O6S.ClH/c1-4-5-11-22(28)27(32)29-23(14-20-9-7-6-8-10-20)24(31)17-30(16-19(2)3)37(33,34)21-12-13-25-26(15-21)36-18-35-25;/h6-10,12-13,15,19,22-24,31H,11,14,16-18,28H2,1-3H3,(H,29,32);1H/t22-,23-,24+;/m0./s1. The van der Waals surface area contributed by atoms with Gasteiger partial charge in [-0.1, -0.05) is 44.2 Å². The van der Waals surface area contributed by atoms with Crippen LogP contribution >= 0.6 is 12.4 Å². The molecule has 0 fully saturated rings. The van der Waals surface area contributed by atoms with Gasteiger partial charge in [-0.05, 0) is 37.0 Å². The van der Waals surface area contributed by atoms with Crippen molar-refractivity contribution in [2.75, 3.05) is 19.9 Å². The summed E-state index contributed by atoms with van der Waals surface area (Å²) in [6, 6.07) is 12.1. The summed E-state index contributed by atoms with van der Waals surface area (Å²) in [5.41, 5.74) is 6.86. The van der Waals surface area contributed by atoms with Crippen LogP contribution < -0.4 is 20.5 Å². The Hall–Kier alpha value is -2.81. The van der Waals surface area contributed by atoms with E-state index in [-0.39, 0.29) is 49.5 Å². The maximum absolute atomic E-state index is 13.6. The first-order valence-corrected chi connectivity index (χ1v) is 13.6. The van der Waals surface area contributed by atoms with Crippen molar-refractivity contribution in [3.8, 4) is 23.3 Å². The largest absolute Gasteiger partial charge is 0.454 e. The van der Waals surface area contributed by atoms with Gasteiger partial charge in [-0.25, -0.2) is 8.42 Å². The van der Waals surface area contributed by atoms with E-state index < -0.39 is 34.1 Å². The van der Waals surface area contributed by atoms with Crippen molar-refractivity contribution < 1.29 is 27.8 Å². The molecule has 1 heterocycles. The number of nitrogens with two attached hydrogens (primary N) is 1. The Morgan fingerprint density at radius 3 is 2.47 bits per heavy atom. The Labute approximate surface area is 231 Å². The normalized spacial score (nSPS) is 14.7. The summed E-state index contributed by atoms with van der Waals surface area (Å²) in [7, 11) is -3.99. The molecule has 208 valence electrons. The highest BCUT2D eigenvalue weighted by Gasteiger charge is 2.33. The number of benzene rings is 2. The molecule has 1 aliphatic rings. The van der Waals surface area contributed by atoms with Crippen molar-refractivity contribution in [1.29, 1.82) is 0 Å². The maximum Gasteiger partial charge on any atom is 0.243 e. The molecule has 0 bridgehead atoms. The third-order valence-corrected chi connectivity index (χ3v) is 7.69. The number of amides is 1. The van der Waals surface area contributed by atoms with Crippen molar-refractivity contribution in [1.82, 2.24) is 9.62 Å². The molecule has 0 aromatic heterocycles. The number of nitrogens with zero attached hydrogens (tertiary/aromatic N) is 1. The van der Waals surface area contributed by atoms with Crippen molar-refractivity contribution in [3.05, 3.63) is 54.1 Å². The molecule has 0 saturated carbocycles. The minimum Gasteiger partial charge on any atom is -0.454 e. The van der Waals surface area contributed by atoms with Gasteiger partial charge in [-0.2, -0.15) is 4.31 Å². The number of halogens is 1. The fourth-order valence-corrected chi connectivity index (χ4v) is 5.58. The first-order valence-electron chi connectivity index (χ1n) is 12.2. The van der Waals surface area contributed by atoms with Gasteiger partial charge in [-0.3, -0.25) is 4.79 Å². The predicted octanol–water partition coefficient (Wildman–Crippen LogP) is 2.31. The molecule has 0 radical (unpaired) electrons. The zero-order chi connectivity index (χ0) is 27.0. The smallest absolute Gasteiger partial charge is 0.243 e. The molecule has 9 nitrogen and oxygen atoms in total. The van der Waals surface area contributed by atoms with E-state index in [9.17, 15) is 18.3 Å². The van der Waals surface area contributed by atoms with Gasteiger partial charge in [0.25, 0.3) is 0 Å². The number of nitrogens with one attached hydrogen (secondary N) is 1. The number of fused-ring (bicyclic) bond motifs is 1. The molecule has 3 rings (SSSR count). The number of sulfonamides is 1. The van der Waals surface area contributed by atoms with Crippen LogP contribution in [-0.2, 0) is 21.2 Å². The van der Waals surface area contributed by atoms with Crippen LogP contribution in [0, 0.1) is 17.8 Å². The molecule has 0 saturated heterocycles. The van der Waals surface area contributed by atoms with Gasteiger partial charge >= 0.3 is 0 Å². The maximum atomic E-state index is 13.6. The van der Waals surface area contributed by atoms with E-state index in [4.69, 9.17) is 15.2 Å². The number of carbonyl (C=O) groups excluding carboxylic acids is 1. The lowest BCUT2D eigenvalue weighted by atomic mass is 10.00. The van der Waals surface area contributed by atoms with Crippen LogP contribution in [-0.4, -0.2) is 61.8 Å². The lowest BCUT2D eigenvalue weighted by Gasteiger charge is -2.31. The van der Waals surface area contributed by atoms with E-state index in [1.807, 2.05) is 44.2 Å². The molecule has 0 unspecified atom stereocenters. The average Bonchev–Trinajstić information content (AvgIpc) is 3.34. The Morgan fingerprint density at radius 2 is 1.82 bits per heavy atom. The Morgan fingerprint density at radius 1 is 1.13 bits per heavy atom. The molecular weight excluding hydrogens is 530 g/mol. The van der Waals surface area contributed by atoms with Crippen LogP contribution in [0.25, 0.3) is 0 Å². The van der Waals surface area contributed by atoms with Gasteiger partial charge in [0.2, 0.25) is 22.7 Å². The van der Waals surface area contributed by atoms with Crippen LogP contribution in [0.4, 0.5) is 0 Å². The van der Waals surface area contributed by atoms with Crippen molar-refractivity contribution >= 4 is 28.3 Å². The van der Waals surface area contributed by atoms with Gasteiger partial charge in [0, 0.05) is 25.6 Å². The van der Waals surface area contributed by atoms with Crippen molar-refractivity contribution in [3.63, 3.8) is 0 Å². The zero-order valence-electron chi connectivity index (χ0n) is 21.8. The first-order chi connectivity index (χ1) is 17.6. The molecule has 0 spiro atoms. The van der Waals surface area contributed by atoms with E-state index in [0.29, 0.717) is 17.9 Å². The molecule has 3 atom stereocenters. The summed E-state index contributed by atoms with van der Waals surface area (Å²) in [6.07, 6.45) is -0.746. The number of hydrogen-bond acceptors (Lipinski definition) is 7. The molecule has 2 aromatic carbocycles. The number of aliphatic hydroxyl groups excluding tert-OH is 1. The lowest BCUT2D eigenvalue weighted by molar-refractivity contribution is -0.123. The van der Waals surface area contributed by atoms with E-state index in [1.165, 1.54) is 16.4 Å². The summed E-state index contributed by atoms with van der Waals surface area (Å²) >= 11 is 0. The monoisotopic (exact) mass is 565 g/mol. The van der Waals surface area contributed by atoms with Gasteiger partial charge in [0.1, 0.15) is 0 Å². The molecule has 2 aromatic rings. The minimum atomic E-state index is -3.99. The van der Waals surface area contributed by atoms with Crippen LogP contribution in [0.5, 0.6) is 11.5 Å². The summed E-state index contributed by atoms with van der Waals surface area (Å²) in [5.74, 6) is 5.85. The fraction of sp³-hybridized carbons (Fsp3) is 0.444. The summed E-state index contributed by atoms with van der Waals surface area (Å²) < 4.78 is 39.1. The summed E-state index contributed by atoms with van der Waals surface area (Å²) in [6.45, 7) is 5.43. The van der Waals surface area contributed by atoms with Crippen LogP contribution in [0.3, 0.4) is 0 Å². The molecule has 38 heavy (non-hydrogen) atoms. The molecule has 1 amide bonds. The first kappa shape index (κ1) is 31.4. The Bertz CT molecular complexity index is 1230. The highest BCUT2D eigenvalue weighted by Crippen LogP contribution is 2.34. The van der Waals surface area contributed by atoms with E-state index in [0.717, 1.165) is 5.56 Å². The van der Waals surface area contributed by atoms with E-state index in [2.05, 4.69) is 17.2 Å². The quantitative estimate of drug-likeness (QED) is 0.337. The minimum absolute atomic E-state index is 0. The molecular formula is C27H36ClN3O6S. The number of rotatable bonds is 12. The third-order valence-electron chi connectivity index (χ3n) is 5.87. The molecule has 4 N–H and O–H groups in total. The van der Waals surface area contributed by atoms with Gasteiger partial charge in [0.15, 0.2) is 11.5 Å². The van der Waals surface area contributed by atoms with Crippen LogP contribution in [0.15, 0.2) is 53.4 Å². The van der Waals surface area contributed by atoms with Gasteiger partial charge in [0.05, 0.1) is 23.1 Å². The third kappa shape index (κ3) is 8.35. The van der Waals surface area contributed by atoms with Crippen molar-refractivity contribution in [2.24, 2.45) is 11.7 Å². The lowest BCUT2D eigenvalue weighted by Crippen LogP contribution is -2.54. The molecule has 0 aliphatic carbocycles. The van der Waals surface area contributed by atoms with Crippen LogP contribution in [0.1, 0.15) is 32.8 Å². The van der Waals surface area contributed by atoms with Crippen LogP contribution in [0.2, 0.25) is 0 Å². The zero-order valence-corrected chi connectivity index (χ0v) is 23.4. The topological polar surface area (TPSA) is 131 Å². The second-order valence-electron chi connectivity index (χ2n) is 9.34. The number of ether oxygens (including phenoxy) is 2. The Kier molecular flexibility index (Phi) is 11.9. The average molecular weight is 566 g/mol. The second kappa shape index (κ2) is 14.4. The predicted molar refractivity (Wildman–Crippen MR) is 148 cm³/mol. The summed E-state index contributed by atoms with van der Waals surface area (Å²) in [5, 5.41) is 14.1. The van der Waals surface area contributed by atoms with E-state index in [1.54, 1.807) is 13.0 Å². The molecule has 11 heteroatoms. The Balaban J connectivity index is 0.00000507. The second-order valence-corrected chi connectivity index (χ2v) is 11.3. The molecule has 1 aliphatic heterocycles. The number of hydrogen-bond donors (Lipinski definition) is 3. The van der Waals surface area contributed by atoms with Gasteiger partial charge < -0.3 is 25.6 Å². The fourth-order valence-electron chi connectivity index (χ4n) is 3.95. The van der Waals surface area contributed by atoms with E-state index >= 15 is 0 Å². The number of aliphatic hydroxyl groups is 1. The highest BCUT2D eigenvalue weighted by atomic mass is 35.5. The van der Waals surface area contributed by atoms with Gasteiger partial charge in [-0.15, -0.1) is 24.2 Å². The number of carbonyl (C=O) groups is 1. The summed E-state index contributed by atoms with van der Waals surface area (Å²) in [4.78, 5) is 12.8. The highest BCUT2D eigenvalue weighted by molar-refractivity contribution is 7.89. The SMILES string of the molecule is CC#CC[C@H](N)C(=O)N[C@@H](Cc1ccccc1)[C@H](O)CN(CC(C)C)S(=O)(=O)c1ccc2c(c1)OCO2.Cl. The van der Waals surface area contributed by atoms with Crippen molar-refractivity contribution in [2.45, 2.75) is 56.7 Å².